The standard InChI is InChI=1S/C18H23ClN2O/c1-14(13-21-11-9-20(2)10-12-21)22-18-16-6-4-3-5-15(16)7-8-17(18)19/h3-8,14H,9-13H2,1-2H3. The number of hydrogen-bond donors (Lipinski definition) is 0. The molecule has 1 aliphatic rings. The summed E-state index contributed by atoms with van der Waals surface area (Å²) in [5.41, 5.74) is 0. The molecule has 0 aromatic heterocycles. The van der Waals surface area contributed by atoms with E-state index in [9.17, 15) is 0 Å². The molecular weight excluding hydrogens is 296 g/mol. The molecule has 1 unspecified atom stereocenters. The second-order valence-electron chi connectivity index (χ2n) is 6.13. The van der Waals surface area contributed by atoms with Gasteiger partial charge in [0.05, 0.1) is 5.02 Å². The first-order chi connectivity index (χ1) is 10.6. The van der Waals surface area contributed by atoms with Gasteiger partial charge in [0.25, 0.3) is 0 Å². The van der Waals surface area contributed by atoms with Gasteiger partial charge < -0.3 is 9.64 Å². The largest absolute Gasteiger partial charge is 0.487 e. The van der Waals surface area contributed by atoms with Gasteiger partial charge in [-0.3, -0.25) is 4.90 Å². The van der Waals surface area contributed by atoms with E-state index in [1.807, 2.05) is 24.3 Å². The smallest absolute Gasteiger partial charge is 0.146 e. The molecule has 1 heterocycles. The molecule has 0 bridgehead atoms. The summed E-state index contributed by atoms with van der Waals surface area (Å²) >= 11 is 6.36. The molecule has 3 rings (SSSR count). The molecule has 0 aliphatic carbocycles. The third kappa shape index (κ3) is 3.54. The van der Waals surface area contributed by atoms with Crippen molar-refractivity contribution in [2.24, 2.45) is 0 Å². The molecule has 4 heteroatoms. The Hall–Kier alpha value is -1.29. The molecule has 0 spiro atoms. The highest BCUT2D eigenvalue weighted by Crippen LogP contribution is 2.34. The molecule has 1 atom stereocenters. The Morgan fingerprint density at radius 3 is 2.59 bits per heavy atom. The SMILES string of the molecule is CC(CN1CCN(C)CC1)Oc1c(Cl)ccc2ccccc12. The van der Waals surface area contributed by atoms with Gasteiger partial charge in [0, 0.05) is 38.1 Å². The van der Waals surface area contributed by atoms with Crippen molar-refractivity contribution in [3.8, 4) is 5.75 Å². The van der Waals surface area contributed by atoms with E-state index in [0.29, 0.717) is 5.02 Å². The molecule has 0 N–H and O–H groups in total. The van der Waals surface area contributed by atoms with Crippen molar-refractivity contribution >= 4 is 22.4 Å². The molecule has 2 aromatic rings. The predicted octanol–water partition coefficient (Wildman–Crippen LogP) is 3.51. The number of benzene rings is 2. The summed E-state index contributed by atoms with van der Waals surface area (Å²) in [5.74, 6) is 0.807. The van der Waals surface area contributed by atoms with Crippen LogP contribution in [0.15, 0.2) is 36.4 Å². The minimum atomic E-state index is 0.117. The Morgan fingerprint density at radius 2 is 1.82 bits per heavy atom. The van der Waals surface area contributed by atoms with Crippen LogP contribution < -0.4 is 4.74 Å². The van der Waals surface area contributed by atoms with Crippen LogP contribution in [0.4, 0.5) is 0 Å². The van der Waals surface area contributed by atoms with Crippen molar-refractivity contribution in [2.45, 2.75) is 13.0 Å². The molecule has 0 radical (unpaired) electrons. The van der Waals surface area contributed by atoms with Crippen LogP contribution in [-0.4, -0.2) is 55.7 Å². The molecule has 0 amide bonds. The first kappa shape index (κ1) is 15.6. The number of piperazine rings is 1. The van der Waals surface area contributed by atoms with Gasteiger partial charge in [0.2, 0.25) is 0 Å². The van der Waals surface area contributed by atoms with Gasteiger partial charge in [-0.1, -0.05) is 41.9 Å². The summed E-state index contributed by atoms with van der Waals surface area (Å²) in [6.07, 6.45) is 0.117. The Labute approximate surface area is 137 Å². The van der Waals surface area contributed by atoms with Gasteiger partial charge in [-0.2, -0.15) is 0 Å². The van der Waals surface area contributed by atoms with E-state index >= 15 is 0 Å². The normalized spacial score (nSPS) is 18.5. The van der Waals surface area contributed by atoms with Gasteiger partial charge in [-0.25, -0.2) is 0 Å². The fraction of sp³-hybridized carbons (Fsp3) is 0.444. The zero-order chi connectivity index (χ0) is 15.5. The molecule has 2 aromatic carbocycles. The van der Waals surface area contributed by atoms with Crippen molar-refractivity contribution in [3.63, 3.8) is 0 Å². The van der Waals surface area contributed by atoms with E-state index in [4.69, 9.17) is 16.3 Å². The molecule has 1 fully saturated rings. The van der Waals surface area contributed by atoms with Crippen LogP contribution in [0.1, 0.15) is 6.92 Å². The van der Waals surface area contributed by atoms with Gasteiger partial charge in [0.1, 0.15) is 11.9 Å². The average Bonchev–Trinajstić information content (AvgIpc) is 2.52. The fourth-order valence-corrected chi connectivity index (χ4v) is 3.18. The highest BCUT2D eigenvalue weighted by atomic mass is 35.5. The number of ether oxygens (including phenoxy) is 1. The van der Waals surface area contributed by atoms with Gasteiger partial charge >= 0.3 is 0 Å². The summed E-state index contributed by atoms with van der Waals surface area (Å²) in [6.45, 7) is 7.52. The third-order valence-electron chi connectivity index (χ3n) is 4.26. The van der Waals surface area contributed by atoms with Crippen molar-refractivity contribution in [1.29, 1.82) is 0 Å². The fourth-order valence-electron chi connectivity index (χ4n) is 2.97. The Bertz CT molecular complexity index is 638. The first-order valence-electron chi connectivity index (χ1n) is 7.88. The quantitative estimate of drug-likeness (QED) is 0.858. The lowest BCUT2D eigenvalue weighted by Crippen LogP contribution is -2.47. The van der Waals surface area contributed by atoms with E-state index in [-0.39, 0.29) is 6.10 Å². The van der Waals surface area contributed by atoms with E-state index in [2.05, 4.69) is 35.9 Å². The molecule has 1 aliphatic heterocycles. The van der Waals surface area contributed by atoms with E-state index in [0.717, 1.165) is 49.2 Å². The predicted molar refractivity (Wildman–Crippen MR) is 93.0 cm³/mol. The number of fused-ring (bicyclic) bond motifs is 1. The van der Waals surface area contributed by atoms with Crippen LogP contribution in [0.3, 0.4) is 0 Å². The first-order valence-corrected chi connectivity index (χ1v) is 8.26. The minimum Gasteiger partial charge on any atom is -0.487 e. The lowest BCUT2D eigenvalue weighted by molar-refractivity contribution is 0.102. The maximum absolute atomic E-state index is 6.36. The van der Waals surface area contributed by atoms with E-state index in [1.54, 1.807) is 0 Å². The molecule has 1 saturated heterocycles. The van der Waals surface area contributed by atoms with Gasteiger partial charge in [-0.15, -0.1) is 0 Å². The summed E-state index contributed by atoms with van der Waals surface area (Å²) in [7, 11) is 2.17. The molecule has 0 saturated carbocycles. The Kier molecular flexibility index (Phi) is 4.87. The number of rotatable bonds is 4. The van der Waals surface area contributed by atoms with Crippen molar-refractivity contribution in [2.75, 3.05) is 39.8 Å². The second-order valence-corrected chi connectivity index (χ2v) is 6.54. The highest BCUT2D eigenvalue weighted by molar-refractivity contribution is 6.33. The number of likely N-dealkylation sites (N-methyl/N-ethyl adjacent to an activating group) is 1. The average molecular weight is 319 g/mol. The van der Waals surface area contributed by atoms with Crippen LogP contribution >= 0.6 is 11.6 Å². The summed E-state index contributed by atoms with van der Waals surface area (Å²) < 4.78 is 6.20. The van der Waals surface area contributed by atoms with Crippen LogP contribution in [0.2, 0.25) is 5.02 Å². The number of hydrogen-bond acceptors (Lipinski definition) is 3. The van der Waals surface area contributed by atoms with Gasteiger partial charge in [0.15, 0.2) is 0 Å². The zero-order valence-electron chi connectivity index (χ0n) is 13.3. The lowest BCUT2D eigenvalue weighted by atomic mass is 10.1. The highest BCUT2D eigenvalue weighted by Gasteiger charge is 2.18. The van der Waals surface area contributed by atoms with Crippen molar-refractivity contribution < 1.29 is 4.74 Å². The lowest BCUT2D eigenvalue weighted by Gasteiger charge is -2.34. The minimum absolute atomic E-state index is 0.117. The number of halogens is 1. The van der Waals surface area contributed by atoms with Crippen LogP contribution in [-0.2, 0) is 0 Å². The van der Waals surface area contributed by atoms with E-state index < -0.39 is 0 Å². The topological polar surface area (TPSA) is 15.7 Å². The molecular formula is C18H23ClN2O. The molecule has 22 heavy (non-hydrogen) atoms. The third-order valence-corrected chi connectivity index (χ3v) is 4.56. The molecule has 118 valence electrons. The monoisotopic (exact) mass is 318 g/mol. The maximum Gasteiger partial charge on any atom is 0.146 e. The van der Waals surface area contributed by atoms with Crippen LogP contribution in [0.25, 0.3) is 10.8 Å². The van der Waals surface area contributed by atoms with Crippen molar-refractivity contribution in [1.82, 2.24) is 9.80 Å². The summed E-state index contributed by atoms with van der Waals surface area (Å²) in [5, 5.41) is 2.93. The Balaban J connectivity index is 1.71. The van der Waals surface area contributed by atoms with Crippen LogP contribution in [0, 0.1) is 0 Å². The number of nitrogens with zero attached hydrogens (tertiary/aromatic N) is 2. The van der Waals surface area contributed by atoms with Gasteiger partial charge in [-0.05, 0) is 25.4 Å². The maximum atomic E-state index is 6.36. The van der Waals surface area contributed by atoms with Crippen LogP contribution in [0.5, 0.6) is 5.75 Å². The Morgan fingerprint density at radius 1 is 1.09 bits per heavy atom. The summed E-state index contributed by atoms with van der Waals surface area (Å²) in [6, 6.07) is 12.2. The molecule has 3 nitrogen and oxygen atoms in total. The van der Waals surface area contributed by atoms with E-state index in [1.165, 1.54) is 0 Å². The zero-order valence-corrected chi connectivity index (χ0v) is 14.0. The second kappa shape index (κ2) is 6.86. The van der Waals surface area contributed by atoms with Crippen molar-refractivity contribution in [3.05, 3.63) is 41.4 Å². The summed E-state index contributed by atoms with van der Waals surface area (Å²) in [4.78, 5) is 4.83.